The molecule has 2 nitrogen and oxygen atoms in total. The molecular formula is C18H21NO. The van der Waals surface area contributed by atoms with Crippen molar-refractivity contribution in [3.8, 4) is 16.9 Å². The van der Waals surface area contributed by atoms with E-state index in [-0.39, 0.29) is 0 Å². The van der Waals surface area contributed by atoms with Crippen molar-refractivity contribution in [1.82, 2.24) is 5.32 Å². The molecule has 0 spiro atoms. The Bertz CT molecular complexity index is 600. The summed E-state index contributed by atoms with van der Waals surface area (Å²) in [6, 6.07) is 15.1. The summed E-state index contributed by atoms with van der Waals surface area (Å²) in [6.45, 7) is 4.31. The van der Waals surface area contributed by atoms with E-state index >= 15 is 0 Å². The maximum absolute atomic E-state index is 5.55. The molecule has 1 unspecified atom stereocenters. The summed E-state index contributed by atoms with van der Waals surface area (Å²) in [4.78, 5) is 0. The van der Waals surface area contributed by atoms with Gasteiger partial charge in [-0.3, -0.25) is 0 Å². The summed E-state index contributed by atoms with van der Waals surface area (Å²) in [5.41, 5.74) is 5.24. The zero-order chi connectivity index (χ0) is 13.9. The normalized spacial score (nSPS) is 18.2. The lowest BCUT2D eigenvalue weighted by Gasteiger charge is -2.16. The first kappa shape index (κ1) is 13.2. The van der Waals surface area contributed by atoms with E-state index in [1.165, 1.54) is 28.7 Å². The highest BCUT2D eigenvalue weighted by atomic mass is 16.5. The van der Waals surface area contributed by atoms with Crippen molar-refractivity contribution in [1.29, 1.82) is 0 Å². The number of ether oxygens (including phenoxy) is 1. The molecule has 0 aliphatic carbocycles. The van der Waals surface area contributed by atoms with Crippen LogP contribution < -0.4 is 10.1 Å². The van der Waals surface area contributed by atoms with Crippen molar-refractivity contribution < 1.29 is 4.74 Å². The molecule has 1 saturated heterocycles. The lowest BCUT2D eigenvalue weighted by molar-refractivity contribution is 0.406. The van der Waals surface area contributed by atoms with E-state index in [1.807, 2.05) is 0 Å². The molecule has 0 amide bonds. The van der Waals surface area contributed by atoms with Gasteiger partial charge in [0, 0.05) is 12.5 Å². The maximum atomic E-state index is 5.55. The zero-order valence-corrected chi connectivity index (χ0v) is 12.1. The fraction of sp³-hybridized carbons (Fsp3) is 0.333. The molecule has 0 saturated carbocycles. The van der Waals surface area contributed by atoms with E-state index in [9.17, 15) is 0 Å². The highest BCUT2D eigenvalue weighted by Gasteiger charge is 2.20. The monoisotopic (exact) mass is 267 g/mol. The number of hydrogen-bond acceptors (Lipinski definition) is 2. The van der Waals surface area contributed by atoms with Gasteiger partial charge in [-0.1, -0.05) is 30.3 Å². The summed E-state index contributed by atoms with van der Waals surface area (Å²) >= 11 is 0. The van der Waals surface area contributed by atoms with Gasteiger partial charge in [-0.25, -0.2) is 0 Å². The molecule has 104 valence electrons. The largest absolute Gasteiger partial charge is 0.496 e. The van der Waals surface area contributed by atoms with Crippen molar-refractivity contribution in [2.24, 2.45) is 0 Å². The van der Waals surface area contributed by atoms with Crippen molar-refractivity contribution in [3.05, 3.63) is 53.6 Å². The van der Waals surface area contributed by atoms with Crippen molar-refractivity contribution in [3.63, 3.8) is 0 Å². The molecule has 2 aromatic rings. The zero-order valence-electron chi connectivity index (χ0n) is 12.1. The third kappa shape index (κ3) is 2.44. The summed E-state index contributed by atoms with van der Waals surface area (Å²) in [7, 11) is 1.76. The van der Waals surface area contributed by atoms with Gasteiger partial charge in [0.05, 0.1) is 7.11 Å². The van der Waals surface area contributed by atoms with Gasteiger partial charge in [-0.05, 0) is 54.3 Å². The second kappa shape index (κ2) is 5.68. The minimum atomic E-state index is 0.564. The number of benzene rings is 2. The SMILES string of the molecule is COc1ccc(-c2ccccc2C)cc1C1CCNC1. The fourth-order valence-electron chi connectivity index (χ4n) is 3.04. The average molecular weight is 267 g/mol. The number of aryl methyl sites for hydroxylation is 1. The molecule has 0 bridgehead atoms. The smallest absolute Gasteiger partial charge is 0.122 e. The number of nitrogens with one attached hydrogen (secondary N) is 1. The number of methoxy groups -OCH3 is 1. The summed E-state index contributed by atoms with van der Waals surface area (Å²) in [5, 5.41) is 3.44. The summed E-state index contributed by atoms with van der Waals surface area (Å²) < 4.78 is 5.55. The lowest BCUT2D eigenvalue weighted by Crippen LogP contribution is -2.08. The van der Waals surface area contributed by atoms with Crippen LogP contribution in [0.2, 0.25) is 0 Å². The van der Waals surface area contributed by atoms with E-state index in [4.69, 9.17) is 4.74 Å². The number of rotatable bonds is 3. The van der Waals surface area contributed by atoms with Crippen LogP contribution in [0.5, 0.6) is 5.75 Å². The van der Waals surface area contributed by atoms with Crippen LogP contribution in [-0.2, 0) is 0 Å². The Labute approximate surface area is 120 Å². The first-order valence-corrected chi connectivity index (χ1v) is 7.24. The van der Waals surface area contributed by atoms with Crippen LogP contribution in [0.15, 0.2) is 42.5 Å². The second-order valence-electron chi connectivity index (χ2n) is 5.46. The van der Waals surface area contributed by atoms with Gasteiger partial charge in [0.2, 0.25) is 0 Å². The molecule has 0 radical (unpaired) electrons. The Hall–Kier alpha value is -1.80. The topological polar surface area (TPSA) is 21.3 Å². The quantitative estimate of drug-likeness (QED) is 0.914. The summed E-state index contributed by atoms with van der Waals surface area (Å²) in [5.74, 6) is 1.57. The summed E-state index contributed by atoms with van der Waals surface area (Å²) in [6.07, 6.45) is 1.19. The van der Waals surface area contributed by atoms with E-state index in [0.717, 1.165) is 18.8 Å². The van der Waals surface area contributed by atoms with Crippen molar-refractivity contribution >= 4 is 0 Å². The minimum absolute atomic E-state index is 0.564. The highest BCUT2D eigenvalue weighted by Crippen LogP contribution is 2.35. The predicted octanol–water partition coefficient (Wildman–Crippen LogP) is 3.75. The van der Waals surface area contributed by atoms with E-state index in [0.29, 0.717) is 5.92 Å². The Kier molecular flexibility index (Phi) is 3.75. The van der Waals surface area contributed by atoms with Crippen LogP contribution in [0.25, 0.3) is 11.1 Å². The first-order valence-electron chi connectivity index (χ1n) is 7.24. The molecule has 1 aliphatic rings. The lowest BCUT2D eigenvalue weighted by atomic mass is 9.92. The van der Waals surface area contributed by atoms with Crippen LogP contribution in [-0.4, -0.2) is 20.2 Å². The third-order valence-corrected chi connectivity index (χ3v) is 4.19. The molecule has 1 fully saturated rings. The van der Waals surface area contributed by atoms with Gasteiger partial charge in [0.25, 0.3) is 0 Å². The molecule has 1 atom stereocenters. The van der Waals surface area contributed by atoms with Crippen LogP contribution >= 0.6 is 0 Å². The third-order valence-electron chi connectivity index (χ3n) is 4.19. The fourth-order valence-corrected chi connectivity index (χ4v) is 3.04. The standard InChI is InChI=1S/C18H21NO/c1-13-5-3-4-6-16(13)14-7-8-18(20-2)17(11-14)15-9-10-19-12-15/h3-8,11,15,19H,9-10,12H2,1-2H3. The van der Waals surface area contributed by atoms with E-state index in [2.05, 4.69) is 54.7 Å². The molecular weight excluding hydrogens is 246 g/mol. The Balaban J connectivity index is 2.05. The molecule has 20 heavy (non-hydrogen) atoms. The van der Waals surface area contributed by atoms with E-state index < -0.39 is 0 Å². The van der Waals surface area contributed by atoms with E-state index in [1.54, 1.807) is 7.11 Å². The van der Waals surface area contributed by atoms with Crippen molar-refractivity contribution in [2.45, 2.75) is 19.3 Å². The van der Waals surface area contributed by atoms with Crippen LogP contribution in [0.1, 0.15) is 23.5 Å². The van der Waals surface area contributed by atoms with Gasteiger partial charge in [-0.2, -0.15) is 0 Å². The van der Waals surface area contributed by atoms with Gasteiger partial charge in [0.15, 0.2) is 0 Å². The number of hydrogen-bond donors (Lipinski definition) is 1. The Morgan fingerprint density at radius 2 is 2.00 bits per heavy atom. The maximum Gasteiger partial charge on any atom is 0.122 e. The van der Waals surface area contributed by atoms with Gasteiger partial charge in [-0.15, -0.1) is 0 Å². The molecule has 1 N–H and O–H groups in total. The molecule has 2 heteroatoms. The molecule has 0 aromatic heterocycles. The predicted molar refractivity (Wildman–Crippen MR) is 83.4 cm³/mol. The van der Waals surface area contributed by atoms with Crippen LogP contribution in [0.4, 0.5) is 0 Å². The molecule has 1 aliphatic heterocycles. The molecule has 2 aromatic carbocycles. The highest BCUT2D eigenvalue weighted by molar-refractivity contribution is 5.69. The molecule has 3 rings (SSSR count). The van der Waals surface area contributed by atoms with Gasteiger partial charge < -0.3 is 10.1 Å². The van der Waals surface area contributed by atoms with Crippen molar-refractivity contribution in [2.75, 3.05) is 20.2 Å². The van der Waals surface area contributed by atoms with Crippen LogP contribution in [0.3, 0.4) is 0 Å². The minimum Gasteiger partial charge on any atom is -0.496 e. The average Bonchev–Trinajstić information content (AvgIpc) is 3.01. The first-order chi connectivity index (χ1) is 9.79. The van der Waals surface area contributed by atoms with Crippen LogP contribution in [0, 0.1) is 6.92 Å². The second-order valence-corrected chi connectivity index (χ2v) is 5.46. The Morgan fingerprint density at radius 3 is 2.70 bits per heavy atom. The molecule has 1 heterocycles. The van der Waals surface area contributed by atoms with Gasteiger partial charge in [0.1, 0.15) is 5.75 Å². The van der Waals surface area contributed by atoms with Gasteiger partial charge >= 0.3 is 0 Å². The Morgan fingerprint density at radius 1 is 1.15 bits per heavy atom.